The molecular weight excluding hydrogens is 383 g/mol. The molecule has 0 atom stereocenters. The van der Waals surface area contributed by atoms with E-state index in [1.54, 1.807) is 14.2 Å². The minimum absolute atomic E-state index is 0.488. The minimum atomic E-state index is -4.09. The number of rotatable bonds is 9. The van der Waals surface area contributed by atoms with E-state index >= 15 is 0 Å². The summed E-state index contributed by atoms with van der Waals surface area (Å²) in [6, 6.07) is 0. The SMILES string of the molecule is CN=C(NCCC1CCN(CC(F)(F)F)CC1)NCC1CCN(CCOC)CC1. The fraction of sp³-hybridized carbons (Fsp3) is 0.950. The maximum atomic E-state index is 12.5. The predicted octanol–water partition coefficient (Wildman–Crippen LogP) is 2.17. The van der Waals surface area contributed by atoms with Gasteiger partial charge in [0, 0.05) is 33.8 Å². The number of nitrogens with one attached hydrogen (secondary N) is 2. The molecule has 0 spiro atoms. The van der Waals surface area contributed by atoms with Gasteiger partial charge in [-0.2, -0.15) is 13.2 Å². The average Bonchev–Trinajstić information content (AvgIpc) is 2.70. The van der Waals surface area contributed by atoms with Gasteiger partial charge in [-0.15, -0.1) is 0 Å². The van der Waals surface area contributed by atoms with Crippen LogP contribution in [-0.2, 0) is 4.74 Å². The van der Waals surface area contributed by atoms with Crippen LogP contribution in [0.15, 0.2) is 4.99 Å². The Morgan fingerprint density at radius 1 is 1.00 bits per heavy atom. The molecule has 0 aliphatic carbocycles. The Kier molecular flexibility index (Phi) is 10.5. The van der Waals surface area contributed by atoms with Crippen LogP contribution >= 0.6 is 0 Å². The molecule has 0 unspecified atom stereocenters. The Balaban J connectivity index is 1.55. The number of nitrogens with zero attached hydrogens (tertiary/aromatic N) is 3. The standard InChI is InChI=1S/C20H38F3N5O/c1-24-19(26-15-18-6-9-27(10-7-18)13-14-29-2)25-8-3-17-4-11-28(12-5-17)16-20(21,22)23/h17-18H,3-16H2,1-2H3,(H2,24,25,26). The first-order valence-electron chi connectivity index (χ1n) is 10.8. The van der Waals surface area contributed by atoms with Crippen LogP contribution in [0.4, 0.5) is 13.2 Å². The normalized spacial score (nSPS) is 21.5. The highest BCUT2D eigenvalue weighted by Gasteiger charge is 2.32. The fourth-order valence-electron chi connectivity index (χ4n) is 4.18. The summed E-state index contributed by atoms with van der Waals surface area (Å²) in [4.78, 5) is 8.27. The van der Waals surface area contributed by atoms with Gasteiger partial charge in [-0.05, 0) is 70.1 Å². The van der Waals surface area contributed by atoms with Gasteiger partial charge in [0.05, 0.1) is 13.2 Å². The summed E-state index contributed by atoms with van der Waals surface area (Å²) >= 11 is 0. The highest BCUT2D eigenvalue weighted by molar-refractivity contribution is 5.79. The Morgan fingerprint density at radius 3 is 2.21 bits per heavy atom. The van der Waals surface area contributed by atoms with Crippen molar-refractivity contribution in [1.82, 2.24) is 20.4 Å². The molecule has 6 nitrogen and oxygen atoms in total. The van der Waals surface area contributed by atoms with Gasteiger partial charge in [-0.3, -0.25) is 9.89 Å². The molecule has 2 aliphatic rings. The number of piperidine rings is 2. The quantitative estimate of drug-likeness (QED) is 0.442. The van der Waals surface area contributed by atoms with Gasteiger partial charge in [0.2, 0.25) is 0 Å². The molecule has 2 aliphatic heterocycles. The van der Waals surface area contributed by atoms with E-state index in [0.29, 0.717) is 24.9 Å². The molecule has 0 amide bonds. The van der Waals surface area contributed by atoms with Crippen molar-refractivity contribution < 1.29 is 17.9 Å². The number of guanidine groups is 1. The lowest BCUT2D eigenvalue weighted by Crippen LogP contribution is -2.44. The molecule has 2 N–H and O–H groups in total. The molecule has 0 bridgehead atoms. The van der Waals surface area contributed by atoms with Crippen LogP contribution in [0.5, 0.6) is 0 Å². The Labute approximate surface area is 173 Å². The summed E-state index contributed by atoms with van der Waals surface area (Å²) in [5.74, 6) is 1.97. The maximum Gasteiger partial charge on any atom is 0.401 e. The van der Waals surface area contributed by atoms with Gasteiger partial charge >= 0.3 is 6.18 Å². The van der Waals surface area contributed by atoms with Crippen LogP contribution in [0.2, 0.25) is 0 Å². The van der Waals surface area contributed by atoms with Gasteiger partial charge in [0.15, 0.2) is 5.96 Å². The van der Waals surface area contributed by atoms with Gasteiger partial charge in [-0.25, -0.2) is 0 Å². The molecule has 170 valence electrons. The van der Waals surface area contributed by atoms with Crippen molar-refractivity contribution >= 4 is 5.96 Å². The van der Waals surface area contributed by atoms with E-state index in [1.165, 1.54) is 17.7 Å². The van der Waals surface area contributed by atoms with Crippen LogP contribution < -0.4 is 10.6 Å². The molecule has 2 saturated heterocycles. The predicted molar refractivity (Wildman–Crippen MR) is 110 cm³/mol. The second-order valence-electron chi connectivity index (χ2n) is 8.28. The second kappa shape index (κ2) is 12.6. The summed E-state index contributed by atoms with van der Waals surface area (Å²) in [6.45, 7) is 6.08. The first-order valence-corrected chi connectivity index (χ1v) is 10.8. The number of hydrogen-bond donors (Lipinski definition) is 2. The van der Waals surface area contributed by atoms with E-state index in [-0.39, 0.29) is 0 Å². The van der Waals surface area contributed by atoms with Crippen molar-refractivity contribution in [3.05, 3.63) is 0 Å². The van der Waals surface area contributed by atoms with Crippen molar-refractivity contribution in [2.45, 2.75) is 38.3 Å². The Hall–Kier alpha value is -1.06. The van der Waals surface area contributed by atoms with E-state index in [1.807, 2.05) is 0 Å². The number of likely N-dealkylation sites (tertiary alicyclic amines) is 2. The van der Waals surface area contributed by atoms with E-state index in [0.717, 1.165) is 64.6 Å². The van der Waals surface area contributed by atoms with Gasteiger partial charge < -0.3 is 20.3 Å². The number of ether oxygens (including phenoxy) is 1. The number of methoxy groups -OCH3 is 1. The largest absolute Gasteiger partial charge is 0.401 e. The van der Waals surface area contributed by atoms with Gasteiger partial charge in [-0.1, -0.05) is 0 Å². The zero-order valence-electron chi connectivity index (χ0n) is 17.9. The molecule has 9 heteroatoms. The molecule has 0 aromatic heterocycles. The highest BCUT2D eigenvalue weighted by atomic mass is 19.4. The smallest absolute Gasteiger partial charge is 0.383 e. The molecule has 0 aromatic rings. The molecule has 2 fully saturated rings. The molecule has 0 aromatic carbocycles. The highest BCUT2D eigenvalue weighted by Crippen LogP contribution is 2.24. The number of alkyl halides is 3. The molecule has 2 rings (SSSR count). The lowest BCUT2D eigenvalue weighted by molar-refractivity contribution is -0.148. The number of hydrogen-bond acceptors (Lipinski definition) is 4. The number of halogens is 3. The van der Waals surface area contributed by atoms with Crippen molar-refractivity contribution in [3.8, 4) is 0 Å². The fourth-order valence-corrected chi connectivity index (χ4v) is 4.18. The number of aliphatic imine (C=N–C) groups is 1. The van der Waals surface area contributed by atoms with Crippen molar-refractivity contribution in [2.75, 3.05) is 73.1 Å². The third-order valence-electron chi connectivity index (χ3n) is 6.06. The maximum absolute atomic E-state index is 12.5. The zero-order valence-corrected chi connectivity index (χ0v) is 17.9. The molecule has 2 heterocycles. The van der Waals surface area contributed by atoms with Crippen LogP contribution in [0.3, 0.4) is 0 Å². The summed E-state index contributed by atoms with van der Waals surface area (Å²) < 4.78 is 42.5. The summed E-state index contributed by atoms with van der Waals surface area (Å²) in [6.07, 6.45) is 0.927. The Morgan fingerprint density at radius 2 is 1.62 bits per heavy atom. The minimum Gasteiger partial charge on any atom is -0.383 e. The summed E-state index contributed by atoms with van der Waals surface area (Å²) in [5.41, 5.74) is 0. The summed E-state index contributed by atoms with van der Waals surface area (Å²) in [7, 11) is 3.52. The topological polar surface area (TPSA) is 52.1 Å². The Bertz CT molecular complexity index is 473. The molecular formula is C20H38F3N5O. The van der Waals surface area contributed by atoms with Crippen LogP contribution in [0.25, 0.3) is 0 Å². The van der Waals surface area contributed by atoms with Gasteiger partial charge in [0.25, 0.3) is 0 Å². The van der Waals surface area contributed by atoms with Crippen molar-refractivity contribution in [2.24, 2.45) is 16.8 Å². The van der Waals surface area contributed by atoms with Gasteiger partial charge in [0.1, 0.15) is 0 Å². The lowest BCUT2D eigenvalue weighted by Gasteiger charge is -2.32. The molecule has 0 saturated carbocycles. The lowest BCUT2D eigenvalue weighted by atomic mass is 9.93. The summed E-state index contributed by atoms with van der Waals surface area (Å²) in [5, 5.41) is 6.79. The zero-order chi connectivity index (χ0) is 21.1. The van der Waals surface area contributed by atoms with Crippen molar-refractivity contribution in [1.29, 1.82) is 0 Å². The monoisotopic (exact) mass is 421 g/mol. The van der Waals surface area contributed by atoms with Crippen LogP contribution in [0, 0.1) is 11.8 Å². The van der Waals surface area contributed by atoms with Crippen molar-refractivity contribution in [3.63, 3.8) is 0 Å². The third-order valence-corrected chi connectivity index (χ3v) is 6.06. The average molecular weight is 422 g/mol. The van der Waals surface area contributed by atoms with Crippen LogP contribution in [0.1, 0.15) is 32.1 Å². The third kappa shape index (κ3) is 10.00. The molecule has 29 heavy (non-hydrogen) atoms. The van der Waals surface area contributed by atoms with E-state index in [2.05, 4.69) is 20.5 Å². The van der Waals surface area contributed by atoms with Crippen LogP contribution in [-0.4, -0.2) is 95.1 Å². The van der Waals surface area contributed by atoms with E-state index < -0.39 is 12.7 Å². The second-order valence-corrected chi connectivity index (χ2v) is 8.28. The van der Waals surface area contributed by atoms with E-state index in [4.69, 9.17) is 4.74 Å². The molecule has 0 radical (unpaired) electrons. The first kappa shape index (κ1) is 24.2. The first-order chi connectivity index (χ1) is 13.9. The van der Waals surface area contributed by atoms with E-state index in [9.17, 15) is 13.2 Å².